The number of para-hydroxylation sites is 1. The van der Waals surface area contributed by atoms with Crippen LogP contribution in [0.25, 0.3) is 0 Å². The number of hydrogen-bond acceptors (Lipinski definition) is 5. The summed E-state index contributed by atoms with van der Waals surface area (Å²) in [6.07, 6.45) is 3.35. The van der Waals surface area contributed by atoms with E-state index in [4.69, 9.17) is 4.74 Å². The molecule has 1 aliphatic heterocycles. The van der Waals surface area contributed by atoms with Crippen molar-refractivity contribution in [1.82, 2.24) is 19.4 Å². The van der Waals surface area contributed by atoms with Gasteiger partial charge in [-0.25, -0.2) is 4.98 Å². The number of nitrogens with zero attached hydrogens (tertiary/aromatic N) is 4. The third kappa shape index (κ3) is 5.04. The zero-order valence-corrected chi connectivity index (χ0v) is 15.1. The van der Waals surface area contributed by atoms with Crippen LogP contribution in [-0.2, 0) is 13.6 Å². The molecule has 2 atom stereocenters. The highest BCUT2D eigenvalue weighted by molar-refractivity contribution is 5.20. The SMILES string of the molecule is C[C@H]1CN(C[C@H](O)COc2ccccc2)CCN1Cc1nccn1C. The van der Waals surface area contributed by atoms with Gasteiger partial charge in [-0.1, -0.05) is 18.2 Å². The lowest BCUT2D eigenvalue weighted by atomic mass is 10.1. The van der Waals surface area contributed by atoms with Crippen LogP contribution in [0.5, 0.6) is 5.75 Å². The second kappa shape index (κ2) is 8.47. The number of aliphatic hydroxyl groups excluding tert-OH is 1. The van der Waals surface area contributed by atoms with Gasteiger partial charge in [-0.2, -0.15) is 0 Å². The first-order chi connectivity index (χ1) is 12.1. The summed E-state index contributed by atoms with van der Waals surface area (Å²) in [7, 11) is 2.03. The fourth-order valence-corrected chi connectivity index (χ4v) is 3.26. The topological polar surface area (TPSA) is 53.8 Å². The lowest BCUT2D eigenvalue weighted by Crippen LogP contribution is -2.53. The van der Waals surface area contributed by atoms with Gasteiger partial charge in [-0.15, -0.1) is 0 Å². The average molecular weight is 344 g/mol. The van der Waals surface area contributed by atoms with Crippen LogP contribution in [0.1, 0.15) is 12.7 Å². The monoisotopic (exact) mass is 344 g/mol. The quantitative estimate of drug-likeness (QED) is 0.822. The van der Waals surface area contributed by atoms with Gasteiger partial charge in [0.25, 0.3) is 0 Å². The van der Waals surface area contributed by atoms with Gasteiger partial charge in [-0.3, -0.25) is 9.80 Å². The highest BCUT2D eigenvalue weighted by atomic mass is 16.5. The number of piperazine rings is 1. The van der Waals surface area contributed by atoms with Gasteiger partial charge in [0.15, 0.2) is 0 Å². The summed E-state index contributed by atoms with van der Waals surface area (Å²) in [5.74, 6) is 1.89. The number of benzene rings is 1. The van der Waals surface area contributed by atoms with E-state index in [1.807, 2.05) is 49.8 Å². The number of aryl methyl sites for hydroxylation is 1. The second-order valence-electron chi connectivity index (χ2n) is 6.81. The molecular formula is C19H28N4O2. The molecule has 1 N–H and O–H groups in total. The summed E-state index contributed by atoms with van der Waals surface area (Å²) in [6.45, 7) is 6.98. The Morgan fingerprint density at radius 1 is 1.28 bits per heavy atom. The highest BCUT2D eigenvalue weighted by Crippen LogP contribution is 2.14. The van der Waals surface area contributed by atoms with Crippen molar-refractivity contribution in [3.05, 3.63) is 48.5 Å². The van der Waals surface area contributed by atoms with Crippen molar-refractivity contribution >= 4 is 0 Å². The van der Waals surface area contributed by atoms with Crippen LogP contribution < -0.4 is 4.74 Å². The Hall–Kier alpha value is -1.89. The average Bonchev–Trinajstić information content (AvgIpc) is 3.01. The summed E-state index contributed by atoms with van der Waals surface area (Å²) >= 11 is 0. The van der Waals surface area contributed by atoms with Crippen LogP contribution in [0.4, 0.5) is 0 Å². The summed E-state index contributed by atoms with van der Waals surface area (Å²) < 4.78 is 7.72. The first-order valence-electron chi connectivity index (χ1n) is 8.90. The predicted octanol–water partition coefficient (Wildman–Crippen LogP) is 1.37. The third-order valence-electron chi connectivity index (χ3n) is 4.77. The Bertz CT molecular complexity index is 646. The van der Waals surface area contributed by atoms with E-state index in [2.05, 4.69) is 26.3 Å². The Balaban J connectivity index is 1.42. The predicted molar refractivity (Wildman–Crippen MR) is 97.5 cm³/mol. The van der Waals surface area contributed by atoms with Crippen LogP contribution in [-0.4, -0.2) is 69.4 Å². The molecule has 0 spiro atoms. The fourth-order valence-electron chi connectivity index (χ4n) is 3.26. The molecule has 6 heteroatoms. The summed E-state index contributed by atoms with van der Waals surface area (Å²) in [5, 5.41) is 10.3. The van der Waals surface area contributed by atoms with Crippen LogP contribution in [0, 0.1) is 0 Å². The van der Waals surface area contributed by atoms with Crippen molar-refractivity contribution in [2.24, 2.45) is 7.05 Å². The lowest BCUT2D eigenvalue weighted by Gasteiger charge is -2.40. The maximum Gasteiger partial charge on any atom is 0.122 e. The van der Waals surface area contributed by atoms with Gasteiger partial charge < -0.3 is 14.4 Å². The van der Waals surface area contributed by atoms with E-state index in [0.717, 1.165) is 37.8 Å². The van der Waals surface area contributed by atoms with Gasteiger partial charge >= 0.3 is 0 Å². The lowest BCUT2D eigenvalue weighted by molar-refractivity contribution is 0.0246. The van der Waals surface area contributed by atoms with E-state index in [1.165, 1.54) is 0 Å². The van der Waals surface area contributed by atoms with Crippen molar-refractivity contribution in [1.29, 1.82) is 0 Å². The van der Waals surface area contributed by atoms with E-state index in [0.29, 0.717) is 19.2 Å². The maximum atomic E-state index is 10.3. The van der Waals surface area contributed by atoms with Crippen LogP contribution in [0.2, 0.25) is 0 Å². The smallest absolute Gasteiger partial charge is 0.122 e. The van der Waals surface area contributed by atoms with E-state index < -0.39 is 6.10 Å². The van der Waals surface area contributed by atoms with Crippen molar-refractivity contribution in [2.75, 3.05) is 32.8 Å². The maximum absolute atomic E-state index is 10.3. The second-order valence-corrected chi connectivity index (χ2v) is 6.81. The van der Waals surface area contributed by atoms with Crippen molar-refractivity contribution in [3.8, 4) is 5.75 Å². The molecular weight excluding hydrogens is 316 g/mol. The van der Waals surface area contributed by atoms with Crippen LogP contribution in [0.15, 0.2) is 42.7 Å². The standard InChI is InChI=1S/C19H28N4O2/c1-16-12-22(10-11-23(16)14-19-20-8-9-21(19)2)13-17(24)15-25-18-6-4-3-5-7-18/h3-9,16-17,24H,10-15H2,1-2H3/t16-,17-/m0/s1. The van der Waals surface area contributed by atoms with Gasteiger partial charge in [0.05, 0.1) is 6.54 Å². The molecule has 1 aromatic carbocycles. The molecule has 0 aliphatic carbocycles. The van der Waals surface area contributed by atoms with Crippen LogP contribution in [0.3, 0.4) is 0 Å². The highest BCUT2D eigenvalue weighted by Gasteiger charge is 2.25. The molecule has 136 valence electrons. The Labute approximate surface area is 149 Å². The first kappa shape index (κ1) is 17.9. The van der Waals surface area contributed by atoms with Gasteiger partial charge in [0, 0.05) is 51.7 Å². The number of aliphatic hydroxyl groups is 1. The van der Waals surface area contributed by atoms with Crippen molar-refractivity contribution in [2.45, 2.75) is 25.6 Å². The Kier molecular flexibility index (Phi) is 6.07. The minimum Gasteiger partial charge on any atom is -0.491 e. The van der Waals surface area contributed by atoms with Crippen LogP contribution >= 0.6 is 0 Å². The molecule has 1 aromatic heterocycles. The number of ether oxygens (including phenoxy) is 1. The van der Waals surface area contributed by atoms with Crippen molar-refractivity contribution < 1.29 is 9.84 Å². The van der Waals surface area contributed by atoms with E-state index in [-0.39, 0.29) is 0 Å². The minimum atomic E-state index is -0.478. The number of β-amino-alcohol motifs (C(OH)–C–C–N with tert-alkyl or cyclic N) is 1. The molecule has 0 unspecified atom stereocenters. The first-order valence-corrected chi connectivity index (χ1v) is 8.90. The molecule has 1 saturated heterocycles. The number of hydrogen-bond donors (Lipinski definition) is 1. The zero-order chi connectivity index (χ0) is 17.6. The van der Waals surface area contributed by atoms with Crippen molar-refractivity contribution in [3.63, 3.8) is 0 Å². The molecule has 0 amide bonds. The molecule has 2 heterocycles. The largest absolute Gasteiger partial charge is 0.491 e. The molecule has 0 bridgehead atoms. The molecule has 1 fully saturated rings. The third-order valence-corrected chi connectivity index (χ3v) is 4.77. The number of aromatic nitrogens is 2. The van der Waals surface area contributed by atoms with Gasteiger partial charge in [0.1, 0.15) is 24.3 Å². The molecule has 1 aliphatic rings. The molecule has 25 heavy (non-hydrogen) atoms. The van der Waals surface area contributed by atoms with E-state index in [1.54, 1.807) is 0 Å². The van der Waals surface area contributed by atoms with E-state index >= 15 is 0 Å². The minimum absolute atomic E-state index is 0.325. The van der Waals surface area contributed by atoms with Gasteiger partial charge in [0.2, 0.25) is 0 Å². The normalized spacial score (nSPS) is 20.5. The fraction of sp³-hybridized carbons (Fsp3) is 0.526. The molecule has 6 nitrogen and oxygen atoms in total. The molecule has 0 radical (unpaired) electrons. The Morgan fingerprint density at radius 2 is 2.08 bits per heavy atom. The zero-order valence-electron chi connectivity index (χ0n) is 15.1. The van der Waals surface area contributed by atoms with E-state index in [9.17, 15) is 5.11 Å². The number of imidazole rings is 1. The number of rotatable bonds is 7. The summed E-state index contributed by atoms with van der Waals surface area (Å²) in [5.41, 5.74) is 0. The Morgan fingerprint density at radius 3 is 2.76 bits per heavy atom. The summed E-state index contributed by atoms with van der Waals surface area (Å²) in [4.78, 5) is 9.18. The molecule has 2 aromatic rings. The molecule has 0 saturated carbocycles. The van der Waals surface area contributed by atoms with Gasteiger partial charge in [-0.05, 0) is 19.1 Å². The molecule has 3 rings (SSSR count). The summed E-state index contributed by atoms with van der Waals surface area (Å²) in [6, 6.07) is 10.1.